The van der Waals surface area contributed by atoms with Gasteiger partial charge in [0, 0.05) is 17.1 Å². The van der Waals surface area contributed by atoms with Crippen molar-refractivity contribution in [2.75, 3.05) is 17.3 Å². The molecule has 4 rings (SSSR count). The van der Waals surface area contributed by atoms with Gasteiger partial charge in [-0.05, 0) is 67.3 Å². The zero-order valence-corrected chi connectivity index (χ0v) is 16.6. The fourth-order valence-corrected chi connectivity index (χ4v) is 3.66. The molecule has 0 aliphatic heterocycles. The van der Waals surface area contributed by atoms with Crippen molar-refractivity contribution in [1.82, 2.24) is 10.2 Å². The number of H-pyrrole nitrogens is 1. The number of urea groups is 1. The molecule has 0 saturated heterocycles. The monoisotopic (exact) mass is 414 g/mol. The van der Waals surface area contributed by atoms with Gasteiger partial charge in [-0.15, -0.1) is 0 Å². The van der Waals surface area contributed by atoms with E-state index in [9.17, 15) is 9.18 Å². The number of halogens is 2. The highest BCUT2D eigenvalue weighted by Gasteiger charge is 2.24. The van der Waals surface area contributed by atoms with Crippen LogP contribution in [0.5, 0.6) is 5.75 Å². The summed E-state index contributed by atoms with van der Waals surface area (Å²) >= 11 is 5.84. The normalized spacial score (nSPS) is 12.5. The second kappa shape index (κ2) is 8.13. The van der Waals surface area contributed by atoms with Crippen molar-refractivity contribution < 1.29 is 13.9 Å². The van der Waals surface area contributed by atoms with E-state index < -0.39 is 5.82 Å². The summed E-state index contributed by atoms with van der Waals surface area (Å²) in [6, 6.07) is 10.9. The summed E-state index contributed by atoms with van der Waals surface area (Å²) in [7, 11) is 1.59. The number of hydrogen-bond acceptors (Lipinski definition) is 3. The molecule has 150 valence electrons. The third-order valence-corrected chi connectivity index (χ3v) is 5.29. The Bertz CT molecular complexity index is 1040. The minimum absolute atomic E-state index is 0.0519. The average Bonchev–Trinajstić information content (AvgIpc) is 3.33. The van der Waals surface area contributed by atoms with Gasteiger partial charge in [-0.2, -0.15) is 5.10 Å². The molecular weight excluding hydrogens is 395 g/mol. The van der Waals surface area contributed by atoms with Crippen molar-refractivity contribution in [2.45, 2.75) is 25.8 Å². The number of aromatic amines is 1. The summed E-state index contributed by atoms with van der Waals surface area (Å²) in [4.78, 5) is 14.7. The molecule has 1 aromatic heterocycles. The molecule has 0 saturated carbocycles. The first-order valence-corrected chi connectivity index (χ1v) is 9.65. The third kappa shape index (κ3) is 4.05. The minimum Gasteiger partial charge on any atom is -0.497 e. The molecule has 0 unspecified atom stereocenters. The fraction of sp³-hybridized carbons (Fsp3) is 0.238. The number of anilines is 2. The van der Waals surface area contributed by atoms with Gasteiger partial charge in [0.25, 0.3) is 0 Å². The number of carbonyl (C=O) groups excluding carboxylic acids is 1. The first-order chi connectivity index (χ1) is 14.0. The van der Waals surface area contributed by atoms with Gasteiger partial charge in [0.15, 0.2) is 0 Å². The molecule has 0 radical (unpaired) electrons. The van der Waals surface area contributed by atoms with Crippen molar-refractivity contribution in [3.8, 4) is 5.75 Å². The summed E-state index contributed by atoms with van der Waals surface area (Å²) in [6.45, 7) is 0.304. The Balaban J connectivity index is 1.62. The second-order valence-electron chi connectivity index (χ2n) is 6.82. The van der Waals surface area contributed by atoms with Gasteiger partial charge in [0.1, 0.15) is 11.6 Å². The maximum absolute atomic E-state index is 13.4. The van der Waals surface area contributed by atoms with E-state index in [1.807, 2.05) is 12.1 Å². The number of ether oxygens (including phenoxy) is 1. The lowest BCUT2D eigenvalue weighted by atomic mass is 10.2. The molecule has 6 nitrogen and oxygen atoms in total. The van der Waals surface area contributed by atoms with Crippen molar-refractivity contribution in [3.63, 3.8) is 0 Å². The Morgan fingerprint density at radius 1 is 1.28 bits per heavy atom. The Hall–Kier alpha value is -3.06. The molecular formula is C21H20ClFN4O2. The van der Waals surface area contributed by atoms with Gasteiger partial charge in [0.05, 0.1) is 24.4 Å². The molecule has 2 N–H and O–H groups in total. The Morgan fingerprint density at radius 3 is 2.79 bits per heavy atom. The van der Waals surface area contributed by atoms with Crippen LogP contribution >= 0.6 is 11.6 Å². The van der Waals surface area contributed by atoms with Crippen LogP contribution in [0.15, 0.2) is 42.5 Å². The molecule has 3 aromatic rings. The minimum atomic E-state index is -0.538. The van der Waals surface area contributed by atoms with Crippen LogP contribution in [0.4, 0.5) is 20.6 Å². The number of amides is 2. The standard InChI is InChI=1S/C21H20ClFN4O2/c1-29-15-8-6-14(7-9-15)27(12-20-16-3-2-4-19(16)25-26-20)21(28)24-13-5-10-18(23)17(22)11-13/h5-11H,2-4,12H2,1H3,(H,24,28)(H,25,26). The van der Waals surface area contributed by atoms with Crippen LogP contribution in [0.3, 0.4) is 0 Å². The van der Waals surface area contributed by atoms with Gasteiger partial charge >= 0.3 is 6.03 Å². The number of methoxy groups -OCH3 is 1. The third-order valence-electron chi connectivity index (χ3n) is 5.00. The van der Waals surface area contributed by atoms with E-state index in [4.69, 9.17) is 16.3 Å². The maximum Gasteiger partial charge on any atom is 0.326 e. The average molecular weight is 415 g/mol. The molecule has 1 aliphatic rings. The van der Waals surface area contributed by atoms with Crippen LogP contribution in [0, 0.1) is 5.82 Å². The summed E-state index contributed by atoms with van der Waals surface area (Å²) in [6.07, 6.45) is 3.01. The number of carbonyl (C=O) groups is 1. The Morgan fingerprint density at radius 2 is 2.07 bits per heavy atom. The van der Waals surface area contributed by atoms with Crippen LogP contribution in [-0.2, 0) is 19.4 Å². The fourth-order valence-electron chi connectivity index (χ4n) is 3.48. The smallest absolute Gasteiger partial charge is 0.326 e. The summed E-state index contributed by atoms with van der Waals surface area (Å²) in [5.41, 5.74) is 4.26. The quantitative estimate of drug-likeness (QED) is 0.621. The van der Waals surface area contributed by atoms with E-state index in [-0.39, 0.29) is 11.1 Å². The van der Waals surface area contributed by atoms with Crippen molar-refractivity contribution >= 4 is 29.0 Å². The van der Waals surface area contributed by atoms with Crippen LogP contribution in [0.25, 0.3) is 0 Å². The van der Waals surface area contributed by atoms with Gasteiger partial charge < -0.3 is 10.1 Å². The van der Waals surface area contributed by atoms with Crippen molar-refractivity contribution in [2.24, 2.45) is 0 Å². The molecule has 0 spiro atoms. The van der Waals surface area contributed by atoms with Crippen LogP contribution in [-0.4, -0.2) is 23.3 Å². The second-order valence-corrected chi connectivity index (χ2v) is 7.23. The van der Waals surface area contributed by atoms with E-state index in [0.717, 1.165) is 30.7 Å². The van der Waals surface area contributed by atoms with Crippen LogP contribution in [0.1, 0.15) is 23.4 Å². The lowest BCUT2D eigenvalue weighted by molar-refractivity contribution is 0.256. The molecule has 1 heterocycles. The number of nitrogens with zero attached hydrogens (tertiary/aromatic N) is 2. The number of hydrogen-bond donors (Lipinski definition) is 2. The van der Waals surface area contributed by atoms with E-state index in [0.29, 0.717) is 23.7 Å². The van der Waals surface area contributed by atoms with Gasteiger partial charge in [0.2, 0.25) is 0 Å². The number of nitrogens with one attached hydrogen (secondary N) is 2. The topological polar surface area (TPSA) is 70.2 Å². The molecule has 2 aromatic carbocycles. The predicted molar refractivity (Wildman–Crippen MR) is 110 cm³/mol. The van der Waals surface area contributed by atoms with E-state index in [1.165, 1.54) is 23.8 Å². The number of fused-ring (bicyclic) bond motifs is 1. The maximum atomic E-state index is 13.4. The molecule has 0 bridgehead atoms. The summed E-state index contributed by atoms with van der Waals surface area (Å²) < 4.78 is 18.6. The lowest BCUT2D eigenvalue weighted by Crippen LogP contribution is -2.35. The van der Waals surface area contributed by atoms with Crippen LogP contribution in [0.2, 0.25) is 5.02 Å². The number of benzene rings is 2. The van der Waals surface area contributed by atoms with Crippen LogP contribution < -0.4 is 15.0 Å². The first-order valence-electron chi connectivity index (χ1n) is 9.28. The molecule has 29 heavy (non-hydrogen) atoms. The molecule has 8 heteroatoms. The highest BCUT2D eigenvalue weighted by atomic mass is 35.5. The van der Waals surface area contributed by atoms with Gasteiger partial charge in [-0.1, -0.05) is 11.6 Å². The Kier molecular flexibility index (Phi) is 5.40. The zero-order valence-electron chi connectivity index (χ0n) is 15.8. The summed E-state index contributed by atoms with van der Waals surface area (Å²) in [5.74, 6) is 0.156. The molecule has 2 amide bonds. The SMILES string of the molecule is COc1ccc(N(Cc2n[nH]c3c2CCC3)C(=O)Nc2ccc(F)c(Cl)c2)cc1. The molecule has 1 aliphatic carbocycles. The molecule has 0 atom stereocenters. The first kappa shape index (κ1) is 19.3. The van der Waals surface area contributed by atoms with Crippen molar-refractivity contribution in [3.05, 3.63) is 70.3 Å². The van der Waals surface area contributed by atoms with Crippen molar-refractivity contribution in [1.29, 1.82) is 0 Å². The highest BCUT2D eigenvalue weighted by molar-refractivity contribution is 6.31. The number of aromatic nitrogens is 2. The molecule has 0 fully saturated rings. The number of aryl methyl sites for hydroxylation is 1. The Labute approximate surface area is 172 Å². The van der Waals surface area contributed by atoms with E-state index >= 15 is 0 Å². The van der Waals surface area contributed by atoms with E-state index in [1.54, 1.807) is 24.1 Å². The highest BCUT2D eigenvalue weighted by Crippen LogP contribution is 2.27. The van der Waals surface area contributed by atoms with E-state index in [2.05, 4.69) is 15.5 Å². The predicted octanol–water partition coefficient (Wildman–Crippen LogP) is 4.94. The van der Waals surface area contributed by atoms with Gasteiger partial charge in [-0.3, -0.25) is 10.00 Å². The number of rotatable bonds is 5. The van der Waals surface area contributed by atoms with Gasteiger partial charge in [-0.25, -0.2) is 9.18 Å². The zero-order chi connectivity index (χ0) is 20.4. The summed E-state index contributed by atoms with van der Waals surface area (Å²) in [5, 5.41) is 10.2. The lowest BCUT2D eigenvalue weighted by Gasteiger charge is -2.23. The largest absolute Gasteiger partial charge is 0.497 e.